The zero-order valence-electron chi connectivity index (χ0n) is 53.6. The van der Waals surface area contributed by atoms with Gasteiger partial charge in [0.05, 0.1) is 0 Å². The maximum atomic E-state index is 2.26. The summed E-state index contributed by atoms with van der Waals surface area (Å²) in [4.78, 5) is 8.96. The third-order valence-corrected chi connectivity index (χ3v) is 17.7. The normalized spacial score (nSPS) is 10.8. The Morgan fingerprint density at radius 1 is 0.149 bits per heavy atom. The lowest BCUT2D eigenvalue weighted by Gasteiger charge is -2.22. The van der Waals surface area contributed by atoms with Crippen molar-refractivity contribution in [2.75, 3.05) is 47.8 Å². The molecular weight excluding hydrogens is 1140 g/mol. The van der Waals surface area contributed by atoms with Crippen molar-refractivity contribution in [2.45, 2.75) is 0 Å². The molecule has 0 aromatic heterocycles. The summed E-state index contributed by atoms with van der Waals surface area (Å²) < 4.78 is 0. The summed E-state index contributed by atoms with van der Waals surface area (Å²) in [6, 6.07) is 133. The van der Waals surface area contributed by atoms with Crippen molar-refractivity contribution in [1.82, 2.24) is 0 Å². The van der Waals surface area contributed by atoms with Crippen molar-refractivity contribution in [2.24, 2.45) is 0 Å². The first-order valence-electron chi connectivity index (χ1n) is 32.1. The molecule has 0 bridgehead atoms. The van der Waals surface area contributed by atoms with Gasteiger partial charge in [-0.3, -0.25) is 0 Å². The van der Waals surface area contributed by atoms with Crippen LogP contribution in [-0.4, -0.2) is 28.2 Å². The zero-order chi connectivity index (χ0) is 64.0. The second-order valence-electron chi connectivity index (χ2n) is 23.6. The first kappa shape index (κ1) is 60.9. The first-order valence-corrected chi connectivity index (χ1v) is 32.1. The van der Waals surface area contributed by atoms with Gasteiger partial charge >= 0.3 is 0 Å². The lowest BCUT2D eigenvalue weighted by Crippen LogP contribution is -2.09. The van der Waals surface area contributed by atoms with E-state index in [1.54, 1.807) is 0 Å². The highest BCUT2D eigenvalue weighted by atomic mass is 15.1. The smallest absolute Gasteiger partial charge is 0.0487 e. The molecule has 0 spiro atoms. The van der Waals surface area contributed by atoms with Crippen LogP contribution >= 0.6 is 0 Å². The minimum absolute atomic E-state index is 1.19. The van der Waals surface area contributed by atoms with E-state index in [0.717, 1.165) is 0 Å². The molecule has 0 amide bonds. The number of fused-ring (bicyclic) bond motifs is 5. The van der Waals surface area contributed by atoms with E-state index in [4.69, 9.17) is 0 Å². The fraction of sp³-hybridized carbons (Fsp3) is 0.0444. The van der Waals surface area contributed by atoms with E-state index >= 15 is 0 Å². The molecule has 454 valence electrons. The lowest BCUT2D eigenvalue weighted by molar-refractivity contribution is 1.21. The number of nitrogens with zero attached hydrogens (tertiary/aromatic N) is 4. The van der Waals surface area contributed by atoms with Crippen LogP contribution in [0.25, 0.3) is 87.2 Å². The summed E-state index contributed by atoms with van der Waals surface area (Å²) in [6.45, 7) is 0. The monoisotopic (exact) mass is 1210 g/mol. The molecule has 0 radical (unpaired) electrons. The minimum atomic E-state index is 1.19. The summed E-state index contributed by atoms with van der Waals surface area (Å²) in [5.41, 5.74) is 17.1. The summed E-state index contributed by atoms with van der Waals surface area (Å²) >= 11 is 0. The van der Waals surface area contributed by atoms with Crippen LogP contribution in [-0.2, 0) is 0 Å². The van der Waals surface area contributed by atoms with Crippen LogP contribution in [0.15, 0.2) is 376 Å². The number of rotatable bonds is 11. The molecule has 4 nitrogen and oxygen atoms in total. The van der Waals surface area contributed by atoms with Crippen molar-refractivity contribution in [3.63, 3.8) is 0 Å². The van der Waals surface area contributed by atoms with Crippen molar-refractivity contribution >= 4 is 99.4 Å². The molecule has 94 heavy (non-hydrogen) atoms. The number of hydrogen-bond donors (Lipinski definition) is 0. The summed E-state index contributed by atoms with van der Waals surface area (Å²) in [5.74, 6) is 0. The van der Waals surface area contributed by atoms with Gasteiger partial charge in [0.2, 0.25) is 0 Å². The zero-order valence-corrected chi connectivity index (χ0v) is 53.6. The molecule has 0 aliphatic carbocycles. The second-order valence-corrected chi connectivity index (χ2v) is 23.6. The van der Waals surface area contributed by atoms with Crippen LogP contribution < -0.4 is 19.6 Å². The molecule has 0 unspecified atom stereocenters. The van der Waals surface area contributed by atoms with Crippen LogP contribution in [0.3, 0.4) is 0 Å². The molecule has 0 saturated carbocycles. The predicted molar refractivity (Wildman–Crippen MR) is 408 cm³/mol. The largest absolute Gasteiger partial charge is 0.345 e. The minimum Gasteiger partial charge on any atom is -0.345 e. The highest BCUT2D eigenvalue weighted by Crippen LogP contribution is 2.36. The molecule has 0 fully saturated rings. The number of hydrogen-bond acceptors (Lipinski definition) is 4. The van der Waals surface area contributed by atoms with Crippen molar-refractivity contribution in [3.05, 3.63) is 376 Å². The predicted octanol–water partition coefficient (Wildman–Crippen LogP) is 24.6. The number of anilines is 8. The van der Waals surface area contributed by atoms with Gasteiger partial charge in [0.1, 0.15) is 0 Å². The molecule has 16 aromatic rings. The first-order chi connectivity index (χ1) is 46.3. The second kappa shape index (κ2) is 28.9. The summed E-state index contributed by atoms with van der Waals surface area (Å²) in [7, 11) is 8.49. The molecule has 0 saturated heterocycles. The quantitative estimate of drug-likeness (QED) is 0.128. The van der Waals surface area contributed by atoms with Crippen LogP contribution in [0.4, 0.5) is 45.5 Å². The van der Waals surface area contributed by atoms with Crippen LogP contribution in [0.1, 0.15) is 0 Å². The van der Waals surface area contributed by atoms with E-state index in [-0.39, 0.29) is 0 Å². The van der Waals surface area contributed by atoms with E-state index in [1.807, 2.05) is 12.1 Å². The fourth-order valence-electron chi connectivity index (χ4n) is 12.3. The van der Waals surface area contributed by atoms with Gasteiger partial charge in [-0.2, -0.15) is 0 Å². The highest BCUT2D eigenvalue weighted by molar-refractivity contribution is 5.98. The Morgan fingerprint density at radius 2 is 0.404 bits per heavy atom. The van der Waals surface area contributed by atoms with Gasteiger partial charge in [-0.25, -0.2) is 0 Å². The third-order valence-electron chi connectivity index (χ3n) is 17.7. The van der Waals surface area contributed by atoms with Crippen LogP contribution in [0, 0.1) is 0 Å². The average molecular weight is 1210 g/mol. The molecule has 0 atom stereocenters. The lowest BCUT2D eigenvalue weighted by atomic mass is 10.0. The van der Waals surface area contributed by atoms with Crippen molar-refractivity contribution in [3.8, 4) is 33.4 Å². The Hall–Kier alpha value is -12.0. The molecule has 16 aromatic carbocycles. The van der Waals surface area contributed by atoms with Gasteiger partial charge in [-0.1, -0.05) is 291 Å². The van der Waals surface area contributed by atoms with E-state index in [9.17, 15) is 0 Å². The molecule has 0 heterocycles. The molecular formula is C90H74N4. The highest BCUT2D eigenvalue weighted by Gasteiger charge is 2.12. The Labute approximate surface area is 553 Å². The van der Waals surface area contributed by atoms with E-state index < -0.39 is 0 Å². The third kappa shape index (κ3) is 14.1. The molecule has 0 aliphatic rings. The summed E-state index contributed by atoms with van der Waals surface area (Å²) in [5, 5.41) is 12.7. The Morgan fingerprint density at radius 3 is 0.809 bits per heavy atom. The van der Waals surface area contributed by atoms with Gasteiger partial charge in [-0.05, 0) is 161 Å². The molecule has 0 N–H and O–H groups in total. The Bertz CT molecular complexity index is 5050. The van der Waals surface area contributed by atoms with Gasteiger partial charge in [-0.15, -0.1) is 0 Å². The van der Waals surface area contributed by atoms with Crippen LogP contribution in [0.5, 0.6) is 0 Å². The molecule has 0 aliphatic heterocycles. The van der Waals surface area contributed by atoms with E-state index in [0.29, 0.717) is 0 Å². The molecule has 4 heteroatoms. The van der Waals surface area contributed by atoms with Crippen LogP contribution in [0.2, 0.25) is 0 Å². The molecule has 16 rings (SSSR count). The van der Waals surface area contributed by atoms with Gasteiger partial charge < -0.3 is 19.6 Å². The maximum Gasteiger partial charge on any atom is 0.0487 e. The van der Waals surface area contributed by atoms with E-state index in [1.165, 1.54) is 133 Å². The van der Waals surface area contributed by atoms with Gasteiger partial charge in [0.15, 0.2) is 0 Å². The summed E-state index contributed by atoms with van der Waals surface area (Å²) in [6.07, 6.45) is 0. The average Bonchev–Trinajstić information content (AvgIpc) is 1.06. The van der Waals surface area contributed by atoms with Gasteiger partial charge in [0.25, 0.3) is 0 Å². The van der Waals surface area contributed by atoms with Crippen molar-refractivity contribution < 1.29 is 0 Å². The Kier molecular flexibility index (Phi) is 18.7. The Balaban J connectivity index is 0.000000114. The van der Waals surface area contributed by atoms with Gasteiger partial charge in [0, 0.05) is 84.5 Å². The standard InChI is InChI=1S/3C23H19N.C21H17N/c1-24(23-16-8-12-19-11-5-6-15-22(19)23)21-14-7-13-20(17-21)18-9-3-2-4-10-18;1-24(23-13-7-11-20-10-5-6-12-22(20)23)21-16-14-19(15-17-21)18-8-3-2-4-9-18;1-24(23-16-13-19-9-5-6-10-21(19)17-23)22-14-11-20(12-15-22)18-7-3-2-4-8-18;1-22(20-12-10-16-6-2-4-8-18(16)14-20)21-13-11-17-7-3-5-9-19(17)15-21/h3*2-17H,1H3;2-15H,1H3. The number of benzene rings is 16. The SMILES string of the molecule is CN(c1ccc(-c2ccccc2)cc1)c1ccc2ccccc2c1.CN(c1ccc(-c2ccccc2)cc1)c1cccc2ccccc12.CN(c1ccc2ccccc2c1)c1ccc2ccccc2c1.CN(c1cccc(-c2ccccc2)c1)c1cccc2ccccc12. The van der Waals surface area contributed by atoms with Crippen molar-refractivity contribution in [1.29, 1.82) is 0 Å². The van der Waals surface area contributed by atoms with E-state index in [2.05, 4.69) is 412 Å². The fourth-order valence-corrected chi connectivity index (χ4v) is 12.3. The maximum absolute atomic E-state index is 2.26. The topological polar surface area (TPSA) is 13.0 Å².